The second-order valence-corrected chi connectivity index (χ2v) is 32.2. The fourth-order valence-corrected chi connectivity index (χ4v) is 20.6. The first kappa shape index (κ1) is 69.6. The Morgan fingerprint density at radius 1 is 0.188 bits per heavy atom. The van der Waals surface area contributed by atoms with E-state index in [9.17, 15) is 0 Å². The fourth-order valence-electron chi connectivity index (χ4n) is 20.6. The van der Waals surface area contributed by atoms with Gasteiger partial charge in [0.2, 0.25) is 0 Å². The van der Waals surface area contributed by atoms with Gasteiger partial charge in [0, 0.05) is 182 Å². The van der Waals surface area contributed by atoms with E-state index < -0.39 is 5.41 Å². The Kier molecular flexibility index (Phi) is 16.1. The van der Waals surface area contributed by atoms with E-state index in [0.29, 0.717) is 0 Å². The minimum atomic E-state index is -0.985. The molecule has 0 fully saturated rings. The smallest absolute Gasteiger partial charge is 0.0728 e. The third-order valence-electron chi connectivity index (χ3n) is 25.6. The number of aromatic nitrogens is 4. The van der Waals surface area contributed by atoms with Crippen molar-refractivity contribution in [2.24, 2.45) is 0 Å². The molecule has 4 heterocycles. The van der Waals surface area contributed by atoms with Crippen molar-refractivity contribution >= 4 is 155 Å². The minimum Gasteiger partial charge on any atom is -0.341 e. The van der Waals surface area contributed by atoms with Gasteiger partial charge < -0.3 is 37.9 Å². The number of nitrogens with zero attached hydrogens (tertiary/aromatic N) is 8. The normalized spacial score (nSPS) is 12.6. The summed E-state index contributed by atoms with van der Waals surface area (Å²) in [6.07, 6.45) is 0. The molecule has 0 amide bonds. The topological polar surface area (TPSA) is 32.7 Å². The Morgan fingerprint density at radius 2 is 0.368 bits per heavy atom. The Balaban J connectivity index is 0.848. The quantitative estimate of drug-likeness (QED) is 0.0965. The number of para-hydroxylation sites is 4. The molecule has 8 heteroatoms. The molecule has 2 aliphatic carbocycles. The lowest BCUT2D eigenvalue weighted by Crippen LogP contribution is -2.27. The Bertz CT molecular complexity index is 6550. The van der Waals surface area contributed by atoms with E-state index in [1.807, 2.05) is 0 Å². The van der Waals surface area contributed by atoms with E-state index in [0.717, 1.165) is 94.4 Å². The Hall–Kier alpha value is -14.1. The molecule has 0 saturated carbocycles. The van der Waals surface area contributed by atoms with Crippen LogP contribution in [0.15, 0.2) is 340 Å². The highest BCUT2D eigenvalue weighted by molar-refractivity contribution is 6.14. The first-order valence-corrected chi connectivity index (χ1v) is 41.6. The molecule has 0 bridgehead atoms. The zero-order valence-electron chi connectivity index (χ0n) is 67.2. The van der Waals surface area contributed by atoms with Gasteiger partial charge in [0.15, 0.2) is 0 Å². The molecule has 8 nitrogen and oxygen atoms in total. The van der Waals surface area contributed by atoms with Crippen molar-refractivity contribution < 1.29 is 0 Å². The number of fused-ring (bicyclic) bond motifs is 22. The van der Waals surface area contributed by atoms with Gasteiger partial charge in [0.1, 0.15) is 0 Å². The highest BCUT2D eigenvalue weighted by atomic mass is 15.2. The van der Waals surface area contributed by atoms with Gasteiger partial charge in [-0.25, -0.2) is 0 Å². The monoisotopic (exact) mass is 1510 g/mol. The highest BCUT2D eigenvalue weighted by Crippen LogP contribution is 2.66. The van der Waals surface area contributed by atoms with Crippen molar-refractivity contribution in [1.82, 2.24) is 18.3 Å². The molecule has 20 aromatic rings. The van der Waals surface area contributed by atoms with Gasteiger partial charge in [-0.15, -0.1) is 0 Å². The summed E-state index contributed by atoms with van der Waals surface area (Å²) in [4.78, 5) is 10.0. The van der Waals surface area contributed by atoms with Gasteiger partial charge in [0.25, 0.3) is 0 Å². The van der Waals surface area contributed by atoms with Crippen LogP contribution in [-0.4, -0.2) is 18.3 Å². The summed E-state index contributed by atoms with van der Waals surface area (Å²) in [5.41, 5.74) is 36.4. The van der Waals surface area contributed by atoms with Crippen LogP contribution in [0.25, 0.3) is 109 Å². The maximum Gasteiger partial charge on any atom is 0.0728 e. The van der Waals surface area contributed by atoms with Crippen LogP contribution in [0.3, 0.4) is 0 Å². The molecule has 0 saturated heterocycles. The average Bonchev–Trinajstić information content (AvgIpc) is 1.50. The summed E-state index contributed by atoms with van der Waals surface area (Å²) in [6, 6.07) is 130. The van der Waals surface area contributed by atoms with Gasteiger partial charge in [0.05, 0.1) is 5.41 Å². The van der Waals surface area contributed by atoms with Crippen LogP contribution in [0.2, 0.25) is 0 Å². The molecule has 16 aromatic carbocycles. The summed E-state index contributed by atoms with van der Waals surface area (Å²) in [6.45, 7) is 21.3. The third-order valence-corrected chi connectivity index (χ3v) is 25.6. The van der Waals surface area contributed by atoms with Crippen molar-refractivity contribution in [2.45, 2.75) is 87.0 Å². The van der Waals surface area contributed by atoms with Gasteiger partial charge in [-0.3, -0.25) is 0 Å². The van der Waals surface area contributed by atoms with Gasteiger partial charge in [-0.2, -0.15) is 0 Å². The lowest BCUT2D eigenvalue weighted by atomic mass is 9.70. The maximum absolute atomic E-state index is 2.58. The predicted octanol–water partition coefficient (Wildman–Crippen LogP) is 29.7. The van der Waals surface area contributed by atoms with E-state index in [1.165, 1.54) is 154 Å². The van der Waals surface area contributed by atoms with E-state index in [2.05, 4.69) is 433 Å². The fraction of sp³-hybridized carbons (Fsp3) is 0.119. The standard InChI is InChI=1S/C109H88N8/c1-9-110-101-49-33-69(5)57-89(101)93-61-77(41-53-105(93)110)114(73-25-17-13-18-26-73)81-37-45-85-86-46-38-82(115(74-27-19-14-20-28-74)78-42-54-106-94(62-78)90-58-70(6)34-50-102(90)111(106)10-2)66-98(86)109(97(85)65-81)99-67-83(116(75-29-21-15-22-30-75)79-43-55-107-95(63-79)91-59-71(7)35-51-103(91)112(107)11-3)39-47-87(99)88-48-40-84(68-100(88)109)117(76-31-23-16-24-32-76)80-44-56-108-96(64-80)92-60-72(8)36-52-104(92)113(108)12-4/h13-68H,9-12H2,1-8H3. The Labute approximate surface area is 682 Å². The summed E-state index contributed by atoms with van der Waals surface area (Å²) in [7, 11) is 0. The number of aryl methyl sites for hydroxylation is 8. The van der Waals surface area contributed by atoms with E-state index in [-0.39, 0.29) is 0 Å². The molecule has 2 aliphatic rings. The SMILES string of the molecule is CCn1c2ccc(C)cc2c2cc(N(c3ccccc3)c3ccc4c(c3)C3(c5cc(N(c6ccccc6)c6ccc7c(c6)c6cc(C)ccc6n7CC)ccc5-4)c4cc(N(c5ccccc5)c5ccc6c(c5)c5cc(C)ccc5n6CC)ccc4-c4ccc(N(c5ccccc5)c5ccc6c(c5)c5cc(C)ccc5n6CC)cc43)ccc21. The predicted molar refractivity (Wildman–Crippen MR) is 495 cm³/mol. The first-order valence-electron chi connectivity index (χ1n) is 41.6. The van der Waals surface area contributed by atoms with Crippen molar-refractivity contribution in [1.29, 1.82) is 0 Å². The van der Waals surface area contributed by atoms with Gasteiger partial charge >= 0.3 is 0 Å². The lowest BCUT2D eigenvalue weighted by Gasteiger charge is -2.35. The number of benzene rings is 16. The summed E-state index contributed by atoms with van der Waals surface area (Å²) in [5.74, 6) is 0. The third kappa shape index (κ3) is 10.6. The number of rotatable bonds is 16. The van der Waals surface area contributed by atoms with Crippen LogP contribution >= 0.6 is 0 Å². The van der Waals surface area contributed by atoms with Crippen LogP contribution in [0.5, 0.6) is 0 Å². The lowest BCUT2D eigenvalue weighted by molar-refractivity contribution is 0.793. The second kappa shape index (κ2) is 27.0. The molecule has 4 aromatic heterocycles. The van der Waals surface area contributed by atoms with Crippen LogP contribution in [0.1, 0.15) is 72.2 Å². The van der Waals surface area contributed by atoms with E-state index >= 15 is 0 Å². The minimum absolute atomic E-state index is 0.861. The van der Waals surface area contributed by atoms with Gasteiger partial charge in [-0.1, -0.05) is 144 Å². The highest BCUT2D eigenvalue weighted by Gasteiger charge is 2.53. The van der Waals surface area contributed by atoms with Crippen molar-refractivity contribution in [3.8, 4) is 22.3 Å². The van der Waals surface area contributed by atoms with Crippen molar-refractivity contribution in [3.05, 3.63) is 384 Å². The zero-order valence-corrected chi connectivity index (χ0v) is 67.2. The first-order chi connectivity index (χ1) is 57.5. The number of anilines is 12. The summed E-state index contributed by atoms with van der Waals surface area (Å²) in [5, 5.41) is 10.00. The van der Waals surface area contributed by atoms with E-state index in [1.54, 1.807) is 0 Å². The molecule has 0 N–H and O–H groups in total. The molecule has 0 unspecified atom stereocenters. The second-order valence-electron chi connectivity index (χ2n) is 32.2. The van der Waals surface area contributed by atoms with Crippen LogP contribution in [-0.2, 0) is 31.6 Å². The maximum atomic E-state index is 2.58. The van der Waals surface area contributed by atoms with Crippen LogP contribution in [0, 0.1) is 27.7 Å². The molecule has 0 atom stereocenters. The number of hydrogen-bond donors (Lipinski definition) is 0. The Morgan fingerprint density at radius 3 is 0.573 bits per heavy atom. The molecule has 564 valence electrons. The summed E-state index contributed by atoms with van der Waals surface area (Å²) < 4.78 is 9.88. The van der Waals surface area contributed by atoms with Gasteiger partial charge in [-0.05, 0) is 318 Å². The molecule has 1 spiro atoms. The largest absolute Gasteiger partial charge is 0.341 e. The average molecular weight is 1510 g/mol. The van der Waals surface area contributed by atoms with Crippen molar-refractivity contribution in [3.63, 3.8) is 0 Å². The number of hydrogen-bond acceptors (Lipinski definition) is 4. The summed E-state index contributed by atoms with van der Waals surface area (Å²) >= 11 is 0. The van der Waals surface area contributed by atoms with E-state index in [4.69, 9.17) is 0 Å². The molecule has 117 heavy (non-hydrogen) atoms. The zero-order chi connectivity index (χ0) is 78.6. The van der Waals surface area contributed by atoms with Crippen molar-refractivity contribution in [2.75, 3.05) is 19.6 Å². The molecular formula is C109H88N8. The van der Waals surface area contributed by atoms with Crippen LogP contribution < -0.4 is 19.6 Å². The molecular weight excluding hydrogens is 1420 g/mol. The molecule has 22 rings (SSSR count). The van der Waals surface area contributed by atoms with Crippen LogP contribution in [0.4, 0.5) is 68.2 Å². The molecule has 0 radical (unpaired) electrons. The molecule has 0 aliphatic heterocycles.